The van der Waals surface area contributed by atoms with Crippen LogP contribution in [0.25, 0.3) is 11.3 Å². The summed E-state index contributed by atoms with van der Waals surface area (Å²) in [6.07, 6.45) is 3.03. The number of nitrogens with one attached hydrogen (secondary N) is 1. The van der Waals surface area contributed by atoms with Gasteiger partial charge in [0, 0.05) is 17.3 Å². The summed E-state index contributed by atoms with van der Waals surface area (Å²) in [4.78, 5) is 15.7. The van der Waals surface area contributed by atoms with Crippen molar-refractivity contribution >= 4 is 24.0 Å². The zero-order chi connectivity index (χ0) is 13.8. The molecule has 0 aliphatic rings. The van der Waals surface area contributed by atoms with E-state index in [2.05, 4.69) is 10.3 Å². The van der Waals surface area contributed by atoms with Gasteiger partial charge < -0.3 is 15.5 Å². The SMILES string of the molecule is CC(N)C(C)C(=O)Nc1ccc(-c2cnco2)cc1.Cl. The lowest BCUT2D eigenvalue weighted by molar-refractivity contribution is -0.119. The predicted molar refractivity (Wildman–Crippen MR) is 80.6 cm³/mol. The number of hydrogen-bond acceptors (Lipinski definition) is 4. The van der Waals surface area contributed by atoms with Crippen molar-refractivity contribution in [3.63, 3.8) is 0 Å². The number of carbonyl (C=O) groups excluding carboxylic acids is 1. The predicted octanol–water partition coefficient (Wildman–Crippen LogP) is 2.69. The molecule has 2 aromatic rings. The van der Waals surface area contributed by atoms with E-state index in [9.17, 15) is 4.79 Å². The van der Waals surface area contributed by atoms with Gasteiger partial charge in [0.05, 0.1) is 12.1 Å². The Morgan fingerprint density at radius 1 is 1.30 bits per heavy atom. The third-order valence-corrected chi connectivity index (χ3v) is 3.07. The summed E-state index contributed by atoms with van der Waals surface area (Å²) < 4.78 is 5.20. The van der Waals surface area contributed by atoms with Crippen molar-refractivity contribution in [2.75, 3.05) is 5.32 Å². The number of nitrogens with two attached hydrogens (primary N) is 1. The Labute approximate surface area is 124 Å². The fourth-order valence-electron chi connectivity index (χ4n) is 1.57. The van der Waals surface area contributed by atoms with Gasteiger partial charge in [-0.15, -0.1) is 12.4 Å². The fourth-order valence-corrected chi connectivity index (χ4v) is 1.57. The molecule has 0 bridgehead atoms. The quantitative estimate of drug-likeness (QED) is 0.908. The number of oxazole rings is 1. The van der Waals surface area contributed by atoms with Crippen LogP contribution in [0, 0.1) is 5.92 Å². The minimum absolute atomic E-state index is 0. The molecule has 1 amide bonds. The smallest absolute Gasteiger partial charge is 0.228 e. The first kappa shape index (κ1) is 16.2. The molecule has 20 heavy (non-hydrogen) atoms. The van der Waals surface area contributed by atoms with Gasteiger partial charge in [-0.1, -0.05) is 6.92 Å². The van der Waals surface area contributed by atoms with Crippen LogP contribution >= 0.6 is 12.4 Å². The zero-order valence-corrected chi connectivity index (χ0v) is 12.2. The highest BCUT2D eigenvalue weighted by Gasteiger charge is 2.16. The van der Waals surface area contributed by atoms with Crippen LogP contribution < -0.4 is 11.1 Å². The summed E-state index contributed by atoms with van der Waals surface area (Å²) in [5.74, 6) is 0.387. The van der Waals surface area contributed by atoms with E-state index in [0.29, 0.717) is 5.76 Å². The molecule has 0 saturated carbocycles. The Kier molecular flexibility index (Phi) is 5.73. The van der Waals surface area contributed by atoms with E-state index in [1.165, 1.54) is 6.39 Å². The molecule has 1 heterocycles. The largest absolute Gasteiger partial charge is 0.444 e. The molecular formula is C14H18ClN3O2. The van der Waals surface area contributed by atoms with Crippen molar-refractivity contribution in [1.82, 2.24) is 4.98 Å². The van der Waals surface area contributed by atoms with Crippen molar-refractivity contribution in [2.24, 2.45) is 11.7 Å². The number of carbonyl (C=O) groups is 1. The van der Waals surface area contributed by atoms with E-state index >= 15 is 0 Å². The van der Waals surface area contributed by atoms with E-state index in [0.717, 1.165) is 11.3 Å². The van der Waals surface area contributed by atoms with Gasteiger partial charge >= 0.3 is 0 Å². The van der Waals surface area contributed by atoms with Gasteiger partial charge in [0.1, 0.15) is 0 Å². The Morgan fingerprint density at radius 2 is 1.95 bits per heavy atom. The lowest BCUT2D eigenvalue weighted by Gasteiger charge is -2.15. The van der Waals surface area contributed by atoms with E-state index < -0.39 is 0 Å². The van der Waals surface area contributed by atoms with Gasteiger partial charge in [-0.05, 0) is 31.2 Å². The summed E-state index contributed by atoms with van der Waals surface area (Å²) in [6, 6.07) is 7.21. The zero-order valence-electron chi connectivity index (χ0n) is 11.4. The molecule has 0 fully saturated rings. The second-order valence-electron chi connectivity index (χ2n) is 4.58. The van der Waals surface area contributed by atoms with Gasteiger partial charge in [0.15, 0.2) is 12.2 Å². The molecule has 0 aliphatic heterocycles. The van der Waals surface area contributed by atoms with Crippen LogP contribution in [-0.4, -0.2) is 16.9 Å². The standard InChI is InChI=1S/C14H17N3O2.ClH/c1-9(10(2)15)14(18)17-12-5-3-11(4-6-12)13-7-16-8-19-13;/h3-10H,15H2,1-2H3,(H,17,18);1H. The molecule has 6 heteroatoms. The Balaban J connectivity index is 0.00000200. The average Bonchev–Trinajstić information content (AvgIpc) is 2.92. The molecule has 0 aliphatic carbocycles. The summed E-state index contributed by atoms with van der Waals surface area (Å²) in [7, 11) is 0. The van der Waals surface area contributed by atoms with Crippen LogP contribution in [0.15, 0.2) is 41.3 Å². The number of nitrogens with zero attached hydrogens (tertiary/aromatic N) is 1. The van der Waals surface area contributed by atoms with Gasteiger partial charge in [-0.2, -0.15) is 0 Å². The summed E-state index contributed by atoms with van der Waals surface area (Å²) in [5, 5.41) is 2.83. The second-order valence-corrected chi connectivity index (χ2v) is 4.58. The van der Waals surface area contributed by atoms with Crippen molar-refractivity contribution in [3.8, 4) is 11.3 Å². The highest BCUT2D eigenvalue weighted by Crippen LogP contribution is 2.21. The average molecular weight is 296 g/mol. The number of anilines is 1. The van der Waals surface area contributed by atoms with Crippen LogP contribution in [0.2, 0.25) is 0 Å². The minimum Gasteiger partial charge on any atom is -0.444 e. The van der Waals surface area contributed by atoms with Gasteiger partial charge in [-0.3, -0.25) is 4.79 Å². The molecular weight excluding hydrogens is 278 g/mol. The molecule has 2 atom stereocenters. The minimum atomic E-state index is -0.228. The fraction of sp³-hybridized carbons (Fsp3) is 0.286. The summed E-state index contributed by atoms with van der Waals surface area (Å²) >= 11 is 0. The lowest BCUT2D eigenvalue weighted by Crippen LogP contribution is -2.34. The Morgan fingerprint density at radius 3 is 2.45 bits per heavy atom. The van der Waals surface area contributed by atoms with Gasteiger partial charge in [0.2, 0.25) is 5.91 Å². The third kappa shape index (κ3) is 3.82. The van der Waals surface area contributed by atoms with E-state index in [1.807, 2.05) is 38.1 Å². The molecule has 2 unspecified atom stereocenters. The maximum absolute atomic E-state index is 11.8. The van der Waals surface area contributed by atoms with E-state index in [4.69, 9.17) is 10.2 Å². The topological polar surface area (TPSA) is 81.2 Å². The molecule has 108 valence electrons. The normalized spacial score (nSPS) is 13.2. The molecule has 0 saturated heterocycles. The van der Waals surface area contributed by atoms with Gasteiger partial charge in [0.25, 0.3) is 0 Å². The van der Waals surface area contributed by atoms with E-state index in [-0.39, 0.29) is 30.3 Å². The van der Waals surface area contributed by atoms with Crippen LogP contribution in [0.5, 0.6) is 0 Å². The Hall–Kier alpha value is -1.85. The van der Waals surface area contributed by atoms with Crippen LogP contribution in [0.4, 0.5) is 5.69 Å². The number of hydrogen-bond donors (Lipinski definition) is 2. The van der Waals surface area contributed by atoms with Crippen molar-refractivity contribution < 1.29 is 9.21 Å². The van der Waals surface area contributed by atoms with Crippen LogP contribution in [-0.2, 0) is 4.79 Å². The molecule has 1 aromatic heterocycles. The lowest BCUT2D eigenvalue weighted by atomic mass is 10.0. The molecule has 0 spiro atoms. The second kappa shape index (κ2) is 7.07. The number of rotatable bonds is 4. The molecule has 1 aromatic carbocycles. The third-order valence-electron chi connectivity index (χ3n) is 3.07. The summed E-state index contributed by atoms with van der Waals surface area (Å²) in [6.45, 7) is 3.63. The molecule has 3 N–H and O–H groups in total. The van der Waals surface area contributed by atoms with Crippen LogP contribution in [0.1, 0.15) is 13.8 Å². The first-order valence-electron chi connectivity index (χ1n) is 6.13. The van der Waals surface area contributed by atoms with Crippen LogP contribution in [0.3, 0.4) is 0 Å². The highest BCUT2D eigenvalue weighted by molar-refractivity contribution is 5.92. The summed E-state index contributed by atoms with van der Waals surface area (Å²) in [5.41, 5.74) is 7.35. The number of halogens is 1. The van der Waals surface area contributed by atoms with Crippen molar-refractivity contribution in [3.05, 3.63) is 36.9 Å². The molecule has 5 nitrogen and oxygen atoms in total. The van der Waals surface area contributed by atoms with E-state index in [1.54, 1.807) is 6.20 Å². The number of benzene rings is 1. The molecule has 2 rings (SSSR count). The maximum atomic E-state index is 11.8. The molecule has 0 radical (unpaired) electrons. The number of amides is 1. The van der Waals surface area contributed by atoms with Gasteiger partial charge in [-0.25, -0.2) is 4.98 Å². The van der Waals surface area contributed by atoms with Crippen molar-refractivity contribution in [2.45, 2.75) is 19.9 Å². The first-order chi connectivity index (χ1) is 9.08. The first-order valence-corrected chi connectivity index (χ1v) is 6.13. The number of aromatic nitrogens is 1. The van der Waals surface area contributed by atoms with Crippen molar-refractivity contribution in [1.29, 1.82) is 0 Å². The monoisotopic (exact) mass is 295 g/mol. The highest BCUT2D eigenvalue weighted by atomic mass is 35.5. The Bertz CT molecular complexity index is 538. The maximum Gasteiger partial charge on any atom is 0.228 e.